The maximum absolute atomic E-state index is 14.8. The van der Waals surface area contributed by atoms with Crippen molar-refractivity contribution in [2.45, 2.75) is 138 Å². The molecule has 2 aromatic carbocycles. The second-order valence-corrected chi connectivity index (χ2v) is 43.0. The van der Waals surface area contributed by atoms with Crippen molar-refractivity contribution in [1.82, 2.24) is 0 Å². The number of hydrogen-bond donors (Lipinski definition) is 0. The van der Waals surface area contributed by atoms with E-state index in [-0.39, 0.29) is 45.7 Å². The third-order valence-corrected chi connectivity index (χ3v) is 38.7. The summed E-state index contributed by atoms with van der Waals surface area (Å²) in [6.45, 7) is 0. The average molecular weight is 1780 g/mol. The Morgan fingerprint density at radius 1 is 0.369 bits per heavy atom. The number of Topliss-reactive ketones (excluding diaryl/α,β-unsaturated/α-hetero) is 2. The number of ketones is 2. The van der Waals surface area contributed by atoms with Crippen molar-refractivity contribution in [3.8, 4) is 142 Å². The largest absolute Gasteiger partial charge is 0.495 e. The lowest BCUT2D eigenvalue weighted by Crippen LogP contribution is -2.44. The molecule has 122 heavy (non-hydrogen) atoms. The van der Waals surface area contributed by atoms with Gasteiger partial charge in [0.1, 0.15) is 105 Å². The third-order valence-electron chi connectivity index (χ3n) is 26.2. The van der Waals surface area contributed by atoms with E-state index >= 15 is 0 Å². The number of ether oxygens (including phenoxy) is 6. The zero-order chi connectivity index (χ0) is 83.0. The summed E-state index contributed by atoms with van der Waals surface area (Å²) in [5, 5.41) is 80.9. The molecule has 0 amide bonds. The van der Waals surface area contributed by atoms with Gasteiger partial charge in [-0.05, 0) is 186 Å². The molecular formula is C96H62N8O8S10. The number of carbonyl (C=O) groups is 2. The fraction of sp³-hybridized carbons (Fsp3) is 0.271. The highest BCUT2D eigenvalue weighted by molar-refractivity contribution is 7.36. The molecule has 14 heterocycles. The molecule has 0 N–H and O–H groups in total. The summed E-state index contributed by atoms with van der Waals surface area (Å²) in [4.78, 5) is 44.8. The van der Waals surface area contributed by atoms with E-state index in [4.69, 9.17) is 28.4 Å². The molecule has 12 aromatic rings. The molecule has 4 fully saturated rings. The molecule has 594 valence electrons. The first-order chi connectivity index (χ1) is 59.6. The van der Waals surface area contributed by atoms with E-state index in [0.717, 1.165) is 241 Å². The first-order valence-electron chi connectivity index (χ1n) is 40.4. The van der Waals surface area contributed by atoms with Crippen molar-refractivity contribution in [2.75, 3.05) is 14.2 Å². The van der Waals surface area contributed by atoms with E-state index in [1.165, 1.54) is 33.1 Å². The summed E-state index contributed by atoms with van der Waals surface area (Å²) < 4.78 is 47.7. The number of carbonyl (C=O) groups excluding carboxylic acids is 2. The molecule has 10 aliphatic rings. The number of fused-ring (bicyclic) bond motifs is 24. The molecule has 4 aliphatic heterocycles. The minimum Gasteiger partial charge on any atom is -0.495 e. The zero-order valence-electron chi connectivity index (χ0n) is 65.2. The second-order valence-electron chi connectivity index (χ2n) is 32.5. The van der Waals surface area contributed by atoms with Crippen molar-refractivity contribution in [3.63, 3.8) is 0 Å². The van der Waals surface area contributed by atoms with Crippen molar-refractivity contribution in [2.24, 2.45) is 11.8 Å². The Hall–Kier alpha value is -11.5. The Balaban J connectivity index is 0.648. The van der Waals surface area contributed by atoms with Crippen LogP contribution in [0.2, 0.25) is 0 Å². The van der Waals surface area contributed by atoms with Gasteiger partial charge in [0.2, 0.25) is 0 Å². The number of benzene rings is 2. The number of methoxy groups -OCH3 is 2. The molecule has 4 spiro atoms. The molecule has 10 aromatic heterocycles. The summed E-state index contributed by atoms with van der Waals surface area (Å²) >= 11 is 16.5. The van der Waals surface area contributed by atoms with E-state index in [0.29, 0.717) is 62.5 Å². The van der Waals surface area contributed by atoms with Crippen LogP contribution < -0.4 is 28.4 Å². The molecule has 2 atom stereocenters. The molecule has 6 aliphatic carbocycles. The smallest absolute Gasteiger partial charge is 0.194 e. The van der Waals surface area contributed by atoms with Gasteiger partial charge in [0.05, 0.1) is 81.8 Å². The van der Waals surface area contributed by atoms with Gasteiger partial charge >= 0.3 is 0 Å². The van der Waals surface area contributed by atoms with Crippen LogP contribution in [0.3, 0.4) is 0 Å². The monoisotopic (exact) mass is 1770 g/mol. The highest BCUT2D eigenvalue weighted by atomic mass is 32.1. The van der Waals surface area contributed by atoms with Gasteiger partial charge in [0, 0.05) is 84.9 Å². The molecule has 2 unspecified atom stereocenters. The van der Waals surface area contributed by atoms with Gasteiger partial charge in [-0.2, -0.15) is 42.1 Å². The van der Waals surface area contributed by atoms with Crippen molar-refractivity contribution in [3.05, 3.63) is 182 Å². The predicted octanol–water partition coefficient (Wildman–Crippen LogP) is 27.0. The first kappa shape index (κ1) is 76.6. The highest BCUT2D eigenvalue weighted by Crippen LogP contribution is 2.71. The Morgan fingerprint density at radius 2 is 0.721 bits per heavy atom. The van der Waals surface area contributed by atoms with Gasteiger partial charge in [-0.15, -0.1) is 113 Å². The average Bonchev–Trinajstić information content (AvgIpc) is 1.55. The summed E-state index contributed by atoms with van der Waals surface area (Å²) in [5.41, 5.74) is 4.81. The van der Waals surface area contributed by atoms with Gasteiger partial charge in [0.25, 0.3) is 0 Å². The fourth-order valence-corrected chi connectivity index (χ4v) is 33.7. The van der Waals surface area contributed by atoms with Crippen LogP contribution in [0.15, 0.2) is 118 Å². The summed E-state index contributed by atoms with van der Waals surface area (Å²) in [6.07, 6.45) is 23.0. The number of allylic oxidation sites excluding steroid dienone is 8. The fourth-order valence-electron chi connectivity index (χ4n) is 20.7. The number of nitriles is 8. The maximum atomic E-state index is 14.8. The summed E-state index contributed by atoms with van der Waals surface area (Å²) in [7, 11) is 3.31. The Kier molecular flexibility index (Phi) is 18.2. The van der Waals surface area contributed by atoms with Gasteiger partial charge < -0.3 is 28.4 Å². The molecule has 0 bridgehead atoms. The predicted molar refractivity (Wildman–Crippen MR) is 484 cm³/mol. The maximum Gasteiger partial charge on any atom is 0.194 e. The van der Waals surface area contributed by atoms with E-state index in [1.807, 2.05) is 66.8 Å². The molecular weight excluding hydrogens is 1710 g/mol. The van der Waals surface area contributed by atoms with Crippen LogP contribution in [0.4, 0.5) is 0 Å². The van der Waals surface area contributed by atoms with E-state index < -0.39 is 22.4 Å². The summed E-state index contributed by atoms with van der Waals surface area (Å²) in [6, 6.07) is 43.7. The minimum absolute atomic E-state index is 0.00134. The lowest BCUT2D eigenvalue weighted by Gasteiger charge is -2.48. The van der Waals surface area contributed by atoms with Crippen molar-refractivity contribution < 1.29 is 38.0 Å². The number of rotatable bonds is 9. The van der Waals surface area contributed by atoms with Crippen molar-refractivity contribution in [1.29, 1.82) is 42.1 Å². The van der Waals surface area contributed by atoms with E-state index in [9.17, 15) is 51.7 Å². The Labute approximate surface area is 740 Å². The van der Waals surface area contributed by atoms with Gasteiger partial charge in [-0.1, -0.05) is 61.4 Å². The normalized spacial score (nSPS) is 21.0. The highest BCUT2D eigenvalue weighted by Gasteiger charge is 2.55. The van der Waals surface area contributed by atoms with E-state index in [2.05, 4.69) is 48.5 Å². The Morgan fingerprint density at radius 3 is 1.11 bits per heavy atom. The lowest BCUT2D eigenvalue weighted by molar-refractivity contribution is -0.0368. The SMILES string of the molecule is COc1cc(C=C(C#N)C#N)sc1-c1cc2c(s1)-c1sc3c4c(sc3c1OC21CCCCC1)-c1sc(-c2sc(C=C(C#N)C#N)cc2OC)cc1C1(CCC(C2CCCC3(C2)Oc2c(sc5c6c(sc25)-c2sc(/C=C5\C(=O)c7ccccc7C5=C(C#N)C#N)cc2C2(CCCCC2)O6)-c2sc(/C=C5\C(=O)c6ccccc6C5=C(C#N)C#N)cc23)CC1)O4. The standard InChI is InChI=1S/C96H62N8O8S10/c1-107-67-34-53(28-47(39-97)40-98)115-83(67)69-36-65-81(117-69)87-76(110-94(65)23-11-4-12-24-94)90-91(121-87)77-88(122-90)82-66(37-70(118-82)84-68(108-2)35-54(116-84)29-48(41-99)42-100)95(111-77)26-19-49(20-27-95)50-14-13-25-96(38-50)64-33-56(31-62-72(52(45-103)46-104)58-16-6-8-18-60(58)74(62)106)114-80(64)86-78(112-96)92-89(120-86)75-85(119-92)79-63(93(109-75)21-9-3-10-22-93)32-55(113-79)30-61-71(51(43-101)44-102)57-15-5-7-17-59(57)73(61)105/h5-8,15-18,28-37,49-50H,3-4,9-14,19-27,38H2,1-2H3/b61-30-,62-31-. The Bertz CT molecular complexity index is 7230. The molecule has 4 saturated carbocycles. The van der Waals surface area contributed by atoms with Crippen LogP contribution in [-0.4, -0.2) is 25.8 Å². The van der Waals surface area contributed by atoms with Gasteiger partial charge in [-0.25, -0.2) is 0 Å². The molecule has 22 rings (SSSR count). The van der Waals surface area contributed by atoms with Crippen LogP contribution in [0, 0.1) is 102 Å². The third kappa shape index (κ3) is 11.5. The molecule has 0 saturated heterocycles. The van der Waals surface area contributed by atoms with Crippen LogP contribution >= 0.6 is 113 Å². The minimum atomic E-state index is -0.821. The topological polar surface area (TPSA) is 280 Å². The van der Waals surface area contributed by atoms with Crippen LogP contribution in [0.25, 0.3) is 113 Å². The molecule has 16 nitrogen and oxygen atoms in total. The van der Waals surface area contributed by atoms with Crippen LogP contribution in [0.5, 0.6) is 34.5 Å². The van der Waals surface area contributed by atoms with Crippen molar-refractivity contribution >= 4 is 179 Å². The molecule has 0 radical (unpaired) electrons. The van der Waals surface area contributed by atoms with Crippen LogP contribution in [0.1, 0.15) is 189 Å². The second kappa shape index (κ2) is 29.1. The molecule has 26 heteroatoms. The lowest BCUT2D eigenvalue weighted by atomic mass is 9.64. The van der Waals surface area contributed by atoms with E-state index in [1.54, 1.807) is 147 Å². The van der Waals surface area contributed by atoms with Gasteiger partial charge in [-0.3, -0.25) is 9.59 Å². The number of hydrogen-bond acceptors (Lipinski definition) is 26. The van der Waals surface area contributed by atoms with Gasteiger partial charge in [0.15, 0.2) is 34.6 Å². The quantitative estimate of drug-likeness (QED) is 0.0959. The zero-order valence-corrected chi connectivity index (χ0v) is 73.4. The van der Waals surface area contributed by atoms with Crippen LogP contribution in [-0.2, 0) is 22.4 Å². The first-order valence-corrected chi connectivity index (χ1v) is 48.5. The number of nitrogens with zero attached hydrogens (tertiary/aromatic N) is 8. The number of thiophene rings is 10. The summed E-state index contributed by atoms with van der Waals surface area (Å²) in [5.74, 6) is 4.73.